The van der Waals surface area contributed by atoms with E-state index in [1.54, 1.807) is 0 Å². The molecule has 1 aromatic heterocycles. The van der Waals surface area contributed by atoms with Crippen molar-refractivity contribution >= 4 is 11.8 Å². The molecular formula is C32H45NO4. The third kappa shape index (κ3) is 2.95. The summed E-state index contributed by atoms with van der Waals surface area (Å²) in [4.78, 5) is 27.9. The van der Waals surface area contributed by atoms with Crippen LogP contribution in [0.15, 0.2) is 22.4 Å². The molecule has 0 spiro atoms. The first-order valence-electron chi connectivity index (χ1n) is 14.5. The Bertz CT molecular complexity index is 1210. The zero-order valence-electron chi connectivity index (χ0n) is 24.1. The predicted octanol–water partition coefficient (Wildman–Crippen LogP) is 6.84. The summed E-state index contributed by atoms with van der Waals surface area (Å²) in [6.45, 7) is 16.5. The van der Waals surface area contributed by atoms with Crippen LogP contribution in [0.2, 0.25) is 0 Å². The Morgan fingerprint density at radius 1 is 1.03 bits per heavy atom. The summed E-state index contributed by atoms with van der Waals surface area (Å²) in [5.41, 5.74) is 1.59. The Kier molecular flexibility index (Phi) is 5.06. The lowest BCUT2D eigenvalue weighted by Gasteiger charge is -2.69. The molecule has 0 aromatic carbocycles. The average molecular weight is 508 g/mol. The van der Waals surface area contributed by atoms with E-state index in [2.05, 4.69) is 59.7 Å². The molecule has 3 saturated carbocycles. The maximum atomic E-state index is 14.5. The zero-order chi connectivity index (χ0) is 26.8. The molecule has 5 aliphatic rings. The minimum Gasteiger partial charge on any atom is -0.469 e. The second kappa shape index (κ2) is 7.39. The number of esters is 1. The molecular weight excluding hydrogens is 462 g/mol. The molecule has 0 aliphatic heterocycles. The SMILES string of the molecule is COC(=O)[C@]12CCC(C)(C)C[C@@H]1[C@H]1C(=O)C=C3[C@@]4(C)Cc5cnoc5C(C)(C)C4CC[C@@]3(C)[C@]1(C)CC2. The number of aromatic nitrogens is 1. The number of nitrogens with zero attached hydrogens (tertiary/aromatic N) is 1. The first-order valence-corrected chi connectivity index (χ1v) is 14.5. The highest BCUT2D eigenvalue weighted by molar-refractivity contribution is 5.96. The number of ketones is 1. The summed E-state index contributed by atoms with van der Waals surface area (Å²) in [6, 6.07) is 0. The van der Waals surface area contributed by atoms with Gasteiger partial charge in [0.1, 0.15) is 5.76 Å². The third-order valence-corrected chi connectivity index (χ3v) is 12.9. The van der Waals surface area contributed by atoms with Crippen LogP contribution in [0.5, 0.6) is 0 Å². The van der Waals surface area contributed by atoms with Gasteiger partial charge in [0.2, 0.25) is 0 Å². The molecule has 1 aromatic rings. The lowest BCUT2D eigenvalue weighted by molar-refractivity contribution is -0.191. The fraction of sp³-hybridized carbons (Fsp3) is 0.781. The number of methoxy groups -OCH3 is 1. The van der Waals surface area contributed by atoms with Gasteiger partial charge in [-0.05, 0) is 90.9 Å². The zero-order valence-corrected chi connectivity index (χ0v) is 24.1. The van der Waals surface area contributed by atoms with Crippen LogP contribution in [0.3, 0.4) is 0 Å². The first kappa shape index (κ1) is 25.4. The van der Waals surface area contributed by atoms with Crippen molar-refractivity contribution in [1.82, 2.24) is 5.16 Å². The fourth-order valence-corrected chi connectivity index (χ4v) is 10.9. The fourth-order valence-electron chi connectivity index (χ4n) is 10.9. The predicted molar refractivity (Wildman–Crippen MR) is 142 cm³/mol. The minimum atomic E-state index is -0.531. The van der Waals surface area contributed by atoms with Crippen molar-refractivity contribution in [2.45, 2.75) is 105 Å². The van der Waals surface area contributed by atoms with Gasteiger partial charge >= 0.3 is 5.97 Å². The normalized spacial score (nSPS) is 45.4. The molecule has 5 nitrogen and oxygen atoms in total. The number of hydrogen-bond donors (Lipinski definition) is 0. The maximum Gasteiger partial charge on any atom is 0.312 e. The van der Waals surface area contributed by atoms with Gasteiger partial charge in [0.15, 0.2) is 5.78 Å². The van der Waals surface area contributed by atoms with Crippen molar-refractivity contribution in [3.63, 3.8) is 0 Å². The first-order chi connectivity index (χ1) is 17.2. The molecule has 5 heteroatoms. The summed E-state index contributed by atoms with van der Waals surface area (Å²) in [6.07, 6.45) is 11.5. The van der Waals surface area contributed by atoms with Gasteiger partial charge in [0.05, 0.1) is 18.7 Å². The molecule has 5 aliphatic carbocycles. The molecule has 7 atom stereocenters. The molecule has 37 heavy (non-hydrogen) atoms. The largest absolute Gasteiger partial charge is 0.469 e. The number of hydrogen-bond acceptors (Lipinski definition) is 5. The molecule has 6 rings (SSSR count). The third-order valence-electron chi connectivity index (χ3n) is 12.9. The van der Waals surface area contributed by atoms with E-state index in [0.29, 0.717) is 5.92 Å². The van der Waals surface area contributed by atoms with Crippen LogP contribution in [0.4, 0.5) is 0 Å². The van der Waals surface area contributed by atoms with Gasteiger partial charge in [0, 0.05) is 16.9 Å². The lowest BCUT2D eigenvalue weighted by atomic mass is 9.34. The van der Waals surface area contributed by atoms with Crippen molar-refractivity contribution in [2.24, 2.45) is 44.8 Å². The summed E-state index contributed by atoms with van der Waals surface area (Å²) in [5, 5.41) is 4.19. The van der Waals surface area contributed by atoms with Crippen molar-refractivity contribution in [2.75, 3.05) is 7.11 Å². The van der Waals surface area contributed by atoms with Crippen molar-refractivity contribution in [3.05, 3.63) is 29.2 Å². The Labute approximate surface area is 222 Å². The smallest absolute Gasteiger partial charge is 0.312 e. The van der Waals surface area contributed by atoms with E-state index in [1.807, 2.05) is 6.20 Å². The van der Waals surface area contributed by atoms with E-state index in [0.717, 1.165) is 57.1 Å². The standard InChI is InChI=1S/C32H45NO4/c1-27(2)11-13-32(26(35)36-8)14-12-31(7)24(20(32)17-27)21(34)15-23-29(5)16-19-18-33-37-25(19)28(3,4)22(29)9-10-30(23,31)6/h15,18,20,22,24H,9-14,16-17H2,1-8H3/t20-,22?,24+,29+,30-,31-,32+/m1/s1. The van der Waals surface area contributed by atoms with Crippen LogP contribution in [-0.4, -0.2) is 24.0 Å². The molecule has 0 N–H and O–H groups in total. The average Bonchev–Trinajstić information content (AvgIpc) is 3.28. The van der Waals surface area contributed by atoms with Gasteiger partial charge < -0.3 is 9.26 Å². The van der Waals surface area contributed by atoms with Crippen LogP contribution in [0.25, 0.3) is 0 Å². The Morgan fingerprint density at radius 3 is 2.43 bits per heavy atom. The second-order valence-corrected chi connectivity index (χ2v) is 15.4. The van der Waals surface area contributed by atoms with Gasteiger partial charge in [-0.15, -0.1) is 0 Å². The maximum absolute atomic E-state index is 14.5. The number of carbonyl (C=O) groups excluding carboxylic acids is 2. The van der Waals surface area contributed by atoms with Gasteiger partial charge in [0.25, 0.3) is 0 Å². The van der Waals surface area contributed by atoms with Crippen molar-refractivity contribution in [1.29, 1.82) is 0 Å². The highest BCUT2D eigenvalue weighted by atomic mass is 16.5. The Morgan fingerprint density at radius 2 is 1.73 bits per heavy atom. The van der Waals surface area contributed by atoms with E-state index >= 15 is 0 Å². The summed E-state index contributed by atoms with van der Waals surface area (Å²) in [7, 11) is 1.52. The summed E-state index contributed by atoms with van der Waals surface area (Å²) < 4.78 is 11.2. The number of fused-ring (bicyclic) bond motifs is 8. The van der Waals surface area contributed by atoms with Gasteiger partial charge in [-0.3, -0.25) is 9.59 Å². The van der Waals surface area contributed by atoms with Crippen molar-refractivity contribution in [3.8, 4) is 0 Å². The number of allylic oxidation sites excluding steroid dienone is 2. The van der Waals surface area contributed by atoms with E-state index in [-0.39, 0.29) is 50.7 Å². The van der Waals surface area contributed by atoms with Crippen LogP contribution >= 0.6 is 0 Å². The Hall–Kier alpha value is -1.91. The van der Waals surface area contributed by atoms with E-state index in [4.69, 9.17) is 9.26 Å². The van der Waals surface area contributed by atoms with Crippen LogP contribution in [0.1, 0.15) is 105 Å². The second-order valence-electron chi connectivity index (χ2n) is 15.4. The quantitative estimate of drug-likeness (QED) is 0.389. The van der Waals surface area contributed by atoms with Gasteiger partial charge in [-0.2, -0.15) is 0 Å². The van der Waals surface area contributed by atoms with E-state index < -0.39 is 5.41 Å². The molecule has 0 amide bonds. The van der Waals surface area contributed by atoms with Crippen molar-refractivity contribution < 1.29 is 18.8 Å². The Balaban J connectivity index is 1.51. The van der Waals surface area contributed by atoms with E-state index in [9.17, 15) is 9.59 Å². The highest BCUT2D eigenvalue weighted by Gasteiger charge is 2.71. The van der Waals surface area contributed by atoms with Crippen LogP contribution in [-0.2, 0) is 26.2 Å². The number of carbonyl (C=O) groups is 2. The number of ether oxygens (including phenoxy) is 1. The summed E-state index contributed by atoms with van der Waals surface area (Å²) >= 11 is 0. The molecule has 202 valence electrons. The van der Waals surface area contributed by atoms with Gasteiger partial charge in [-0.1, -0.05) is 59.2 Å². The topological polar surface area (TPSA) is 69.4 Å². The summed E-state index contributed by atoms with van der Waals surface area (Å²) in [5.74, 6) is 1.46. The molecule has 1 unspecified atom stereocenters. The lowest BCUT2D eigenvalue weighted by Crippen LogP contribution is -2.66. The van der Waals surface area contributed by atoms with Gasteiger partial charge in [-0.25, -0.2) is 0 Å². The molecule has 0 saturated heterocycles. The molecule has 0 bridgehead atoms. The van der Waals surface area contributed by atoms with Crippen LogP contribution < -0.4 is 0 Å². The molecule has 0 radical (unpaired) electrons. The monoisotopic (exact) mass is 507 g/mol. The minimum absolute atomic E-state index is 0.0302. The highest BCUT2D eigenvalue weighted by Crippen LogP contribution is 2.74. The molecule has 3 fully saturated rings. The van der Waals surface area contributed by atoms with E-state index in [1.165, 1.54) is 18.2 Å². The molecule has 1 heterocycles. The number of rotatable bonds is 1. The van der Waals surface area contributed by atoms with Crippen LogP contribution in [0, 0.1) is 44.8 Å².